The van der Waals surface area contributed by atoms with Gasteiger partial charge in [0.15, 0.2) is 0 Å². The molecule has 0 atom stereocenters. The Hall–Kier alpha value is -1.77. The second-order valence-electron chi connectivity index (χ2n) is 4.99. The van der Waals surface area contributed by atoms with Gasteiger partial charge in [0.1, 0.15) is 0 Å². The molecule has 3 heteroatoms. The third-order valence-electron chi connectivity index (χ3n) is 3.41. The second kappa shape index (κ2) is 5.91. The minimum atomic E-state index is 0.141. The molecule has 1 aromatic carbocycles. The van der Waals surface area contributed by atoms with E-state index in [4.69, 9.17) is 0 Å². The zero-order valence-electron chi connectivity index (χ0n) is 12.0. The highest BCUT2D eigenvalue weighted by molar-refractivity contribution is 5.66. The largest absolute Gasteiger partial charge is 0.295 e. The molecule has 0 aliphatic heterocycles. The summed E-state index contributed by atoms with van der Waals surface area (Å²) < 4.78 is 1.74. The maximum Gasteiger partial charge on any atom is 0.270 e. The highest BCUT2D eigenvalue weighted by Crippen LogP contribution is 2.24. The van der Waals surface area contributed by atoms with Gasteiger partial charge in [-0.15, -0.1) is 0 Å². The quantitative estimate of drug-likeness (QED) is 0.875. The lowest BCUT2D eigenvalue weighted by atomic mass is 10.0. The molecule has 102 valence electrons. The number of aryl methyl sites for hydroxylation is 2. The molecular weight excluding hydrogens is 236 g/mol. The molecule has 2 aromatic rings. The number of H-pyrrole nitrogens is 1. The first-order valence-corrected chi connectivity index (χ1v) is 7.06. The average molecular weight is 258 g/mol. The van der Waals surface area contributed by atoms with Crippen LogP contribution in [0.15, 0.2) is 29.1 Å². The molecule has 0 spiro atoms. The maximum atomic E-state index is 12.4. The van der Waals surface area contributed by atoms with Gasteiger partial charge in [0, 0.05) is 17.7 Å². The van der Waals surface area contributed by atoms with Crippen LogP contribution in [-0.2, 0) is 13.0 Å². The first-order chi connectivity index (χ1) is 9.19. The van der Waals surface area contributed by atoms with Crippen molar-refractivity contribution in [3.8, 4) is 11.3 Å². The van der Waals surface area contributed by atoms with Gasteiger partial charge in [0.2, 0.25) is 0 Å². The van der Waals surface area contributed by atoms with Crippen LogP contribution in [0, 0.1) is 6.92 Å². The number of hydrogen-bond donors (Lipinski definition) is 1. The van der Waals surface area contributed by atoms with E-state index in [0.717, 1.165) is 42.6 Å². The molecular formula is C16H22N2O. The molecule has 0 saturated carbocycles. The Morgan fingerprint density at radius 1 is 1.16 bits per heavy atom. The lowest BCUT2D eigenvalue weighted by molar-refractivity contribution is 0.585. The van der Waals surface area contributed by atoms with Crippen LogP contribution in [0.3, 0.4) is 0 Å². The minimum Gasteiger partial charge on any atom is -0.295 e. The third kappa shape index (κ3) is 2.65. The van der Waals surface area contributed by atoms with E-state index in [1.54, 1.807) is 4.68 Å². The van der Waals surface area contributed by atoms with Gasteiger partial charge in [-0.2, -0.15) is 0 Å². The number of nitrogens with zero attached hydrogens (tertiary/aromatic N) is 1. The summed E-state index contributed by atoms with van der Waals surface area (Å²) in [4.78, 5) is 12.4. The molecule has 0 unspecified atom stereocenters. The van der Waals surface area contributed by atoms with Crippen LogP contribution in [0.1, 0.15) is 37.8 Å². The fraction of sp³-hybridized carbons (Fsp3) is 0.438. The molecule has 0 aliphatic carbocycles. The topological polar surface area (TPSA) is 37.8 Å². The smallest absolute Gasteiger partial charge is 0.270 e. The highest BCUT2D eigenvalue weighted by atomic mass is 16.1. The second-order valence-corrected chi connectivity index (χ2v) is 4.99. The molecule has 0 aliphatic rings. The van der Waals surface area contributed by atoms with Crippen molar-refractivity contribution < 1.29 is 0 Å². The molecule has 1 heterocycles. The Balaban J connectivity index is 2.59. The molecule has 0 saturated heterocycles. The Labute approximate surface area is 114 Å². The fourth-order valence-corrected chi connectivity index (χ4v) is 2.46. The first kappa shape index (κ1) is 13.7. The van der Waals surface area contributed by atoms with E-state index in [1.165, 1.54) is 5.56 Å². The van der Waals surface area contributed by atoms with E-state index in [2.05, 4.69) is 38.0 Å². The Kier molecular flexibility index (Phi) is 4.25. The van der Waals surface area contributed by atoms with E-state index in [0.29, 0.717) is 0 Å². The Bertz CT molecular complexity index is 607. The van der Waals surface area contributed by atoms with Crippen molar-refractivity contribution in [3.63, 3.8) is 0 Å². The first-order valence-electron chi connectivity index (χ1n) is 7.06. The Morgan fingerprint density at radius 3 is 2.53 bits per heavy atom. The van der Waals surface area contributed by atoms with E-state index < -0.39 is 0 Å². The normalized spacial score (nSPS) is 10.9. The Morgan fingerprint density at radius 2 is 1.89 bits per heavy atom. The summed E-state index contributed by atoms with van der Waals surface area (Å²) >= 11 is 0. The summed E-state index contributed by atoms with van der Waals surface area (Å²) in [5.41, 5.74) is 4.40. The van der Waals surface area contributed by atoms with Crippen molar-refractivity contribution in [3.05, 3.63) is 45.7 Å². The monoisotopic (exact) mass is 258 g/mol. The number of benzene rings is 1. The van der Waals surface area contributed by atoms with Crippen LogP contribution >= 0.6 is 0 Å². The minimum absolute atomic E-state index is 0.141. The SMILES string of the molecule is CCCc1c(-c2ccccc2C)[nH]n(CCC)c1=O. The molecule has 0 fully saturated rings. The number of hydrogen-bond acceptors (Lipinski definition) is 1. The molecule has 19 heavy (non-hydrogen) atoms. The van der Waals surface area contributed by atoms with E-state index in [9.17, 15) is 4.79 Å². The van der Waals surface area contributed by atoms with Crippen molar-refractivity contribution in [2.75, 3.05) is 0 Å². The van der Waals surface area contributed by atoms with Crippen LogP contribution in [0.5, 0.6) is 0 Å². The number of aromatic amines is 1. The van der Waals surface area contributed by atoms with Crippen LogP contribution in [-0.4, -0.2) is 9.78 Å². The predicted molar refractivity (Wildman–Crippen MR) is 79.5 cm³/mol. The maximum absolute atomic E-state index is 12.4. The lowest BCUT2D eigenvalue weighted by Crippen LogP contribution is -2.18. The molecule has 2 rings (SSSR count). The van der Waals surface area contributed by atoms with Crippen LogP contribution in [0.4, 0.5) is 0 Å². The summed E-state index contributed by atoms with van der Waals surface area (Å²) in [5.74, 6) is 0. The summed E-state index contributed by atoms with van der Waals surface area (Å²) in [6.07, 6.45) is 2.77. The predicted octanol–water partition coefficient (Wildman–Crippen LogP) is 3.51. The van der Waals surface area contributed by atoms with Gasteiger partial charge < -0.3 is 0 Å². The molecule has 0 amide bonds. The van der Waals surface area contributed by atoms with Crippen LogP contribution in [0.2, 0.25) is 0 Å². The molecule has 1 N–H and O–H groups in total. The number of nitrogens with one attached hydrogen (secondary N) is 1. The molecule has 1 aromatic heterocycles. The van der Waals surface area contributed by atoms with Crippen molar-refractivity contribution in [1.82, 2.24) is 9.78 Å². The van der Waals surface area contributed by atoms with E-state index in [-0.39, 0.29) is 5.56 Å². The van der Waals surface area contributed by atoms with Gasteiger partial charge in [0.25, 0.3) is 5.56 Å². The average Bonchev–Trinajstić information content (AvgIpc) is 2.69. The van der Waals surface area contributed by atoms with Crippen molar-refractivity contribution in [2.24, 2.45) is 0 Å². The van der Waals surface area contributed by atoms with Crippen molar-refractivity contribution in [1.29, 1.82) is 0 Å². The van der Waals surface area contributed by atoms with Crippen LogP contribution in [0.25, 0.3) is 11.3 Å². The van der Waals surface area contributed by atoms with Crippen molar-refractivity contribution >= 4 is 0 Å². The summed E-state index contributed by atoms with van der Waals surface area (Å²) in [5, 5.41) is 3.30. The number of aromatic nitrogens is 2. The molecule has 0 bridgehead atoms. The van der Waals surface area contributed by atoms with Gasteiger partial charge in [-0.25, -0.2) is 0 Å². The van der Waals surface area contributed by atoms with E-state index in [1.807, 2.05) is 12.1 Å². The van der Waals surface area contributed by atoms with Gasteiger partial charge in [-0.3, -0.25) is 14.6 Å². The summed E-state index contributed by atoms with van der Waals surface area (Å²) in [6.45, 7) is 7.03. The van der Waals surface area contributed by atoms with Gasteiger partial charge >= 0.3 is 0 Å². The third-order valence-corrected chi connectivity index (χ3v) is 3.41. The molecule has 3 nitrogen and oxygen atoms in total. The summed E-state index contributed by atoms with van der Waals surface area (Å²) in [7, 11) is 0. The standard InChI is InChI=1S/C16H22N2O/c1-4-8-14-15(13-10-7-6-9-12(13)3)17-18(11-5-2)16(14)19/h6-7,9-10,17H,4-5,8,11H2,1-3H3. The summed E-state index contributed by atoms with van der Waals surface area (Å²) in [6, 6.07) is 8.21. The fourth-order valence-electron chi connectivity index (χ4n) is 2.46. The van der Waals surface area contributed by atoms with E-state index >= 15 is 0 Å². The zero-order valence-corrected chi connectivity index (χ0v) is 12.0. The molecule has 0 radical (unpaired) electrons. The van der Waals surface area contributed by atoms with Gasteiger partial charge in [0.05, 0.1) is 5.69 Å². The van der Waals surface area contributed by atoms with Crippen LogP contribution < -0.4 is 5.56 Å². The van der Waals surface area contributed by atoms with Gasteiger partial charge in [-0.05, 0) is 25.3 Å². The zero-order chi connectivity index (χ0) is 13.8. The van der Waals surface area contributed by atoms with Crippen molar-refractivity contribution in [2.45, 2.75) is 46.6 Å². The number of rotatable bonds is 5. The lowest BCUT2D eigenvalue weighted by Gasteiger charge is -2.05. The highest BCUT2D eigenvalue weighted by Gasteiger charge is 2.15. The van der Waals surface area contributed by atoms with Gasteiger partial charge in [-0.1, -0.05) is 44.5 Å².